The molecule has 23 heavy (non-hydrogen) atoms. The van der Waals surface area contributed by atoms with E-state index in [0.717, 1.165) is 12.1 Å². The van der Waals surface area contributed by atoms with Crippen LogP contribution < -0.4 is 4.90 Å². The van der Waals surface area contributed by atoms with Crippen LogP contribution in [0.3, 0.4) is 0 Å². The molecule has 1 N–H and O–H groups in total. The molecule has 2 rings (SSSR count). The predicted molar refractivity (Wildman–Crippen MR) is 78.4 cm³/mol. The van der Waals surface area contributed by atoms with Gasteiger partial charge in [-0.05, 0) is 19.1 Å². The number of aliphatic hydroxyl groups is 1. The zero-order chi connectivity index (χ0) is 17.2. The molecule has 128 valence electrons. The maximum absolute atomic E-state index is 12.7. The van der Waals surface area contributed by atoms with Gasteiger partial charge in [0.2, 0.25) is 0 Å². The summed E-state index contributed by atoms with van der Waals surface area (Å²) in [6.07, 6.45) is -5.08. The van der Waals surface area contributed by atoms with Crippen LogP contribution in [-0.4, -0.2) is 53.8 Å². The van der Waals surface area contributed by atoms with Crippen molar-refractivity contribution in [2.75, 3.05) is 37.6 Å². The molecule has 1 atom stereocenters. The summed E-state index contributed by atoms with van der Waals surface area (Å²) in [7, 11) is 0. The van der Waals surface area contributed by atoms with Crippen LogP contribution in [0, 0.1) is 10.1 Å². The lowest BCUT2D eigenvalue weighted by molar-refractivity contribution is -0.384. The molecule has 0 spiro atoms. The Bertz CT molecular complexity index is 570. The van der Waals surface area contributed by atoms with E-state index in [9.17, 15) is 28.4 Å². The molecule has 0 radical (unpaired) electrons. The molecule has 0 aromatic heterocycles. The molecule has 9 heteroatoms. The van der Waals surface area contributed by atoms with Crippen molar-refractivity contribution in [2.24, 2.45) is 0 Å². The van der Waals surface area contributed by atoms with Gasteiger partial charge in [0.1, 0.15) is 5.69 Å². The largest absolute Gasteiger partial charge is 0.416 e. The Morgan fingerprint density at radius 3 is 2.39 bits per heavy atom. The first-order valence-electron chi connectivity index (χ1n) is 7.19. The molecule has 1 saturated heterocycles. The summed E-state index contributed by atoms with van der Waals surface area (Å²) < 4.78 is 38.1. The van der Waals surface area contributed by atoms with Gasteiger partial charge in [-0.1, -0.05) is 0 Å². The average molecular weight is 333 g/mol. The summed E-state index contributed by atoms with van der Waals surface area (Å²) in [6, 6.07) is 2.60. The number of aliphatic hydroxyl groups excluding tert-OH is 1. The molecule has 0 unspecified atom stereocenters. The molecule has 1 heterocycles. The molecule has 0 saturated carbocycles. The van der Waals surface area contributed by atoms with Crippen molar-refractivity contribution in [3.63, 3.8) is 0 Å². The van der Waals surface area contributed by atoms with Gasteiger partial charge in [0.25, 0.3) is 5.69 Å². The number of nitro groups is 1. The van der Waals surface area contributed by atoms with E-state index in [-0.39, 0.29) is 5.69 Å². The number of hydrogen-bond donors (Lipinski definition) is 1. The number of rotatable bonds is 4. The first-order valence-corrected chi connectivity index (χ1v) is 7.19. The number of piperazine rings is 1. The summed E-state index contributed by atoms with van der Waals surface area (Å²) >= 11 is 0. The van der Waals surface area contributed by atoms with Crippen LogP contribution in [0.1, 0.15) is 12.5 Å². The fourth-order valence-corrected chi connectivity index (χ4v) is 2.66. The Morgan fingerprint density at radius 2 is 1.91 bits per heavy atom. The van der Waals surface area contributed by atoms with Crippen LogP contribution >= 0.6 is 0 Å². The minimum atomic E-state index is -4.61. The molecule has 6 nitrogen and oxygen atoms in total. The summed E-state index contributed by atoms with van der Waals surface area (Å²) in [5, 5.41) is 20.5. The zero-order valence-electron chi connectivity index (χ0n) is 12.6. The third-order valence-electron chi connectivity index (χ3n) is 3.73. The molecular formula is C14H18F3N3O3. The summed E-state index contributed by atoms with van der Waals surface area (Å²) in [5.41, 5.74) is -1.37. The number of nitro benzene ring substituents is 1. The monoisotopic (exact) mass is 333 g/mol. The molecule has 1 fully saturated rings. The highest BCUT2D eigenvalue weighted by Crippen LogP contribution is 2.36. The second kappa shape index (κ2) is 6.71. The number of alkyl halides is 3. The van der Waals surface area contributed by atoms with E-state index < -0.39 is 28.5 Å². The maximum atomic E-state index is 12.7. The van der Waals surface area contributed by atoms with Crippen LogP contribution in [0.4, 0.5) is 24.5 Å². The Kier molecular flexibility index (Phi) is 5.10. The van der Waals surface area contributed by atoms with Gasteiger partial charge in [0.05, 0.1) is 16.6 Å². The lowest BCUT2D eigenvalue weighted by atomic mass is 10.1. The van der Waals surface area contributed by atoms with Crippen LogP contribution in [0.2, 0.25) is 0 Å². The number of benzene rings is 1. The number of halogens is 3. The van der Waals surface area contributed by atoms with Gasteiger partial charge in [-0.15, -0.1) is 0 Å². The van der Waals surface area contributed by atoms with Gasteiger partial charge in [0.15, 0.2) is 0 Å². The summed E-state index contributed by atoms with van der Waals surface area (Å²) in [6.45, 7) is 4.26. The van der Waals surface area contributed by atoms with Gasteiger partial charge in [-0.2, -0.15) is 13.2 Å². The van der Waals surface area contributed by atoms with E-state index in [1.54, 1.807) is 11.8 Å². The third kappa shape index (κ3) is 4.32. The van der Waals surface area contributed by atoms with Crippen molar-refractivity contribution in [3.8, 4) is 0 Å². The second-order valence-electron chi connectivity index (χ2n) is 5.60. The fraction of sp³-hybridized carbons (Fsp3) is 0.571. The van der Waals surface area contributed by atoms with Gasteiger partial charge in [-0.3, -0.25) is 15.0 Å². The van der Waals surface area contributed by atoms with Crippen molar-refractivity contribution in [1.82, 2.24) is 4.90 Å². The lowest BCUT2D eigenvalue weighted by Gasteiger charge is -2.36. The predicted octanol–water partition coefficient (Wildman–Crippen LogP) is 2.12. The molecular weight excluding hydrogens is 315 g/mol. The van der Waals surface area contributed by atoms with Crippen molar-refractivity contribution in [1.29, 1.82) is 0 Å². The standard InChI is InChI=1S/C14H18F3N3O3/c1-10(21)9-18-4-6-19(7-5-18)12-3-2-11(14(15,16)17)8-13(12)20(22)23/h2-3,8,10,21H,4-7,9H2,1H3/t10-/m0/s1. The zero-order valence-corrected chi connectivity index (χ0v) is 12.6. The van der Waals surface area contributed by atoms with E-state index >= 15 is 0 Å². The SMILES string of the molecule is C[C@H](O)CN1CCN(c2ccc(C(F)(F)F)cc2[N+](=O)[O-])CC1. The molecule has 0 aliphatic carbocycles. The van der Waals surface area contributed by atoms with Gasteiger partial charge in [-0.25, -0.2) is 0 Å². The Morgan fingerprint density at radius 1 is 1.30 bits per heavy atom. The minimum absolute atomic E-state index is 0.194. The van der Waals surface area contributed by atoms with Crippen LogP contribution in [0.25, 0.3) is 0 Å². The topological polar surface area (TPSA) is 69.8 Å². The molecule has 0 amide bonds. The highest BCUT2D eigenvalue weighted by Gasteiger charge is 2.34. The molecule has 1 aromatic rings. The number of β-amino-alcohol motifs (C(OH)–C–C–N with tert-alkyl or cyclic N) is 1. The van der Waals surface area contributed by atoms with Crippen molar-refractivity contribution < 1.29 is 23.2 Å². The quantitative estimate of drug-likeness (QED) is 0.675. The Balaban J connectivity index is 2.19. The van der Waals surface area contributed by atoms with Crippen molar-refractivity contribution in [2.45, 2.75) is 19.2 Å². The van der Waals surface area contributed by atoms with E-state index in [4.69, 9.17) is 0 Å². The molecule has 0 bridgehead atoms. The average Bonchev–Trinajstić information content (AvgIpc) is 2.46. The van der Waals surface area contributed by atoms with Crippen LogP contribution in [0.15, 0.2) is 18.2 Å². The van der Waals surface area contributed by atoms with E-state index in [1.807, 2.05) is 4.90 Å². The van der Waals surface area contributed by atoms with Gasteiger partial charge < -0.3 is 10.0 Å². The maximum Gasteiger partial charge on any atom is 0.416 e. The van der Waals surface area contributed by atoms with Crippen LogP contribution in [0.5, 0.6) is 0 Å². The Labute approximate surface area is 131 Å². The minimum Gasteiger partial charge on any atom is -0.392 e. The van der Waals surface area contributed by atoms with Gasteiger partial charge >= 0.3 is 6.18 Å². The molecule has 1 aliphatic heterocycles. The van der Waals surface area contributed by atoms with Crippen molar-refractivity contribution in [3.05, 3.63) is 33.9 Å². The van der Waals surface area contributed by atoms with Crippen LogP contribution in [-0.2, 0) is 6.18 Å². The van der Waals surface area contributed by atoms with E-state index in [0.29, 0.717) is 38.8 Å². The lowest BCUT2D eigenvalue weighted by Crippen LogP contribution is -2.48. The van der Waals surface area contributed by atoms with E-state index in [1.165, 1.54) is 0 Å². The summed E-state index contributed by atoms with van der Waals surface area (Å²) in [5.74, 6) is 0. The number of nitrogens with zero attached hydrogens (tertiary/aromatic N) is 3. The Hall–Kier alpha value is -1.87. The van der Waals surface area contributed by atoms with Crippen molar-refractivity contribution >= 4 is 11.4 Å². The third-order valence-corrected chi connectivity index (χ3v) is 3.73. The molecule has 1 aliphatic rings. The first-order chi connectivity index (χ1) is 10.7. The number of hydrogen-bond acceptors (Lipinski definition) is 5. The normalized spacial score (nSPS) is 18.0. The first kappa shape index (κ1) is 17.5. The molecule has 1 aromatic carbocycles. The smallest absolute Gasteiger partial charge is 0.392 e. The fourth-order valence-electron chi connectivity index (χ4n) is 2.66. The number of anilines is 1. The second-order valence-corrected chi connectivity index (χ2v) is 5.60. The van der Waals surface area contributed by atoms with E-state index in [2.05, 4.69) is 0 Å². The van der Waals surface area contributed by atoms with Gasteiger partial charge in [0, 0.05) is 38.8 Å². The highest BCUT2D eigenvalue weighted by molar-refractivity contribution is 5.65. The highest BCUT2D eigenvalue weighted by atomic mass is 19.4. The summed E-state index contributed by atoms with van der Waals surface area (Å²) in [4.78, 5) is 14.1.